The summed E-state index contributed by atoms with van der Waals surface area (Å²) in [6.07, 6.45) is 3.20. The second-order valence-electron chi connectivity index (χ2n) is 9.85. The summed E-state index contributed by atoms with van der Waals surface area (Å²) in [7, 11) is 0. The van der Waals surface area contributed by atoms with Crippen molar-refractivity contribution in [3.05, 3.63) is 125 Å². The quantitative estimate of drug-likeness (QED) is 0.206. The Kier molecular flexibility index (Phi) is 10.2. The number of carbonyl (C=O) groups is 1. The lowest BCUT2D eigenvalue weighted by molar-refractivity contribution is -0.245. The van der Waals surface area contributed by atoms with E-state index in [-0.39, 0.29) is 31.3 Å². The molecule has 1 aliphatic rings. The normalized spacial score (nSPS) is 18.6. The van der Waals surface area contributed by atoms with Crippen LogP contribution in [-0.4, -0.2) is 45.3 Å². The third-order valence-electron chi connectivity index (χ3n) is 7.03. The number of benzene rings is 3. The number of aliphatic hydroxyl groups is 2. The third-order valence-corrected chi connectivity index (χ3v) is 8.11. The fourth-order valence-electron chi connectivity index (χ4n) is 4.85. The van der Waals surface area contributed by atoms with Crippen molar-refractivity contribution >= 4 is 17.7 Å². The molecule has 0 unspecified atom stereocenters. The first kappa shape index (κ1) is 29.0. The van der Waals surface area contributed by atoms with Crippen molar-refractivity contribution in [1.82, 2.24) is 10.3 Å². The van der Waals surface area contributed by atoms with Crippen molar-refractivity contribution in [2.75, 3.05) is 18.1 Å². The Bertz CT molecular complexity index is 1400. The first-order valence-corrected chi connectivity index (χ1v) is 14.9. The van der Waals surface area contributed by atoms with E-state index in [4.69, 9.17) is 9.47 Å². The summed E-state index contributed by atoms with van der Waals surface area (Å²) in [4.78, 5) is 16.6. The highest BCUT2D eigenvalue weighted by molar-refractivity contribution is 7.99. The second-order valence-corrected chi connectivity index (χ2v) is 11.0. The fourth-order valence-corrected chi connectivity index (χ4v) is 5.63. The number of aromatic nitrogens is 1. The molecule has 0 spiro atoms. The van der Waals surface area contributed by atoms with Gasteiger partial charge < -0.3 is 25.0 Å². The van der Waals surface area contributed by atoms with Gasteiger partial charge in [0.2, 0.25) is 0 Å². The third kappa shape index (κ3) is 7.61. The molecule has 212 valence electrons. The minimum Gasteiger partial charge on any atom is -0.396 e. The van der Waals surface area contributed by atoms with E-state index in [1.54, 1.807) is 36.3 Å². The molecule has 2 heterocycles. The summed E-state index contributed by atoms with van der Waals surface area (Å²) in [5.74, 6) is 1.27. The van der Waals surface area contributed by atoms with E-state index in [1.807, 2.05) is 54.6 Å². The lowest BCUT2D eigenvalue weighted by Gasteiger charge is -2.36. The van der Waals surface area contributed by atoms with Crippen LogP contribution in [0.1, 0.15) is 51.4 Å². The van der Waals surface area contributed by atoms with Crippen LogP contribution in [0.2, 0.25) is 0 Å². The van der Waals surface area contributed by atoms with Crippen LogP contribution in [0.15, 0.2) is 97.3 Å². The van der Waals surface area contributed by atoms with Crippen LogP contribution in [0.4, 0.5) is 0 Å². The van der Waals surface area contributed by atoms with E-state index in [0.717, 1.165) is 39.1 Å². The number of hydrogen-bond donors (Lipinski definition) is 3. The molecule has 7 nitrogen and oxygen atoms in total. The first-order valence-electron chi connectivity index (χ1n) is 13.7. The first-order chi connectivity index (χ1) is 20.1. The van der Waals surface area contributed by atoms with Crippen molar-refractivity contribution in [3.63, 3.8) is 0 Å². The molecule has 3 aromatic carbocycles. The minimum atomic E-state index is -0.533. The summed E-state index contributed by atoms with van der Waals surface area (Å²) in [5, 5.41) is 21.6. The van der Waals surface area contributed by atoms with Crippen molar-refractivity contribution in [2.45, 2.75) is 38.1 Å². The van der Waals surface area contributed by atoms with Crippen molar-refractivity contribution in [3.8, 4) is 11.1 Å². The van der Waals surface area contributed by atoms with E-state index >= 15 is 0 Å². The lowest BCUT2D eigenvalue weighted by atomic mass is 9.97. The Hall–Kier alpha value is -3.53. The molecule has 0 saturated carbocycles. The highest BCUT2D eigenvalue weighted by Crippen LogP contribution is 2.39. The van der Waals surface area contributed by atoms with Gasteiger partial charge in [0, 0.05) is 42.4 Å². The molecule has 8 heteroatoms. The van der Waals surface area contributed by atoms with Crippen molar-refractivity contribution in [1.29, 1.82) is 0 Å². The molecule has 1 amide bonds. The van der Waals surface area contributed by atoms with Gasteiger partial charge in [-0.15, -0.1) is 0 Å². The Morgan fingerprint density at radius 3 is 2.44 bits per heavy atom. The van der Waals surface area contributed by atoms with E-state index in [9.17, 15) is 15.0 Å². The van der Waals surface area contributed by atoms with Gasteiger partial charge in [-0.05, 0) is 39.9 Å². The number of aliphatic hydroxyl groups excluding tert-OH is 2. The lowest BCUT2D eigenvalue weighted by Crippen LogP contribution is -2.31. The van der Waals surface area contributed by atoms with Gasteiger partial charge in [-0.2, -0.15) is 11.8 Å². The maximum Gasteiger partial charge on any atom is 0.253 e. The summed E-state index contributed by atoms with van der Waals surface area (Å²) >= 11 is 1.67. The molecule has 1 aliphatic heterocycles. The topological polar surface area (TPSA) is 101 Å². The van der Waals surface area contributed by atoms with Crippen LogP contribution in [0, 0.1) is 0 Å². The fraction of sp³-hybridized carbons (Fsp3) is 0.273. The average molecular weight is 571 g/mol. The molecule has 1 aromatic heterocycles. The number of hydrogen-bond acceptors (Lipinski definition) is 7. The zero-order valence-corrected chi connectivity index (χ0v) is 23.5. The summed E-state index contributed by atoms with van der Waals surface area (Å²) in [6, 6.07) is 27.5. The highest BCUT2D eigenvalue weighted by Gasteiger charge is 2.32. The molecule has 1 saturated heterocycles. The number of nitrogens with one attached hydrogen (secondary N) is 1. The van der Waals surface area contributed by atoms with E-state index in [1.165, 1.54) is 0 Å². The summed E-state index contributed by atoms with van der Waals surface area (Å²) in [6.45, 7) is 0.536. The molecule has 3 atom stereocenters. The molecule has 3 N–H and O–H groups in total. The molecule has 0 aliphatic carbocycles. The van der Waals surface area contributed by atoms with Crippen LogP contribution in [0.5, 0.6) is 0 Å². The van der Waals surface area contributed by atoms with Crippen LogP contribution in [-0.2, 0) is 22.6 Å². The van der Waals surface area contributed by atoms with E-state index in [2.05, 4.69) is 28.5 Å². The van der Waals surface area contributed by atoms with Crippen LogP contribution >= 0.6 is 11.8 Å². The average Bonchev–Trinajstić information content (AvgIpc) is 3.04. The van der Waals surface area contributed by atoms with Gasteiger partial charge in [0.15, 0.2) is 6.29 Å². The smallest absolute Gasteiger partial charge is 0.253 e. The van der Waals surface area contributed by atoms with Gasteiger partial charge in [0.1, 0.15) is 0 Å². The van der Waals surface area contributed by atoms with Gasteiger partial charge in [0.05, 0.1) is 31.0 Å². The van der Waals surface area contributed by atoms with Gasteiger partial charge in [-0.1, -0.05) is 72.8 Å². The Morgan fingerprint density at radius 1 is 0.927 bits per heavy atom. The zero-order valence-electron chi connectivity index (χ0n) is 22.7. The van der Waals surface area contributed by atoms with Crippen LogP contribution in [0.25, 0.3) is 11.1 Å². The van der Waals surface area contributed by atoms with E-state index in [0.29, 0.717) is 24.3 Å². The van der Waals surface area contributed by atoms with Gasteiger partial charge in [-0.3, -0.25) is 9.78 Å². The number of thioether (sulfide) groups is 1. The molecular weight excluding hydrogens is 536 g/mol. The van der Waals surface area contributed by atoms with Crippen LogP contribution in [0.3, 0.4) is 0 Å². The van der Waals surface area contributed by atoms with E-state index < -0.39 is 6.29 Å². The monoisotopic (exact) mass is 570 g/mol. The number of pyridine rings is 1. The standard InChI is InChI=1S/C33H34N2O5S/c36-16-17-41-22-29-18-31(25-9-7-23(21-37)8-10-25)40-33(39-29)26-13-11-24(12-14-26)30-6-2-1-4-27(30)20-35-32(38)28-5-3-15-34-19-28/h1-15,19,29,31,33,36-37H,16-18,20-22H2,(H,35,38)/t29-,31+,33+/m0/s1. The zero-order chi connectivity index (χ0) is 28.4. The number of amides is 1. The SMILES string of the molecule is O=C(NCc1ccccc1-c1ccc([C@@H]2O[C@H](CSCCO)C[C@H](c3ccc(CO)cc3)O2)cc1)c1cccnc1. The Balaban J connectivity index is 1.31. The van der Waals surface area contributed by atoms with Crippen LogP contribution < -0.4 is 5.32 Å². The minimum absolute atomic E-state index is 0.00428. The Labute approximate surface area is 244 Å². The summed E-state index contributed by atoms with van der Waals surface area (Å²) in [5.41, 5.74) is 6.43. The number of carbonyl (C=O) groups excluding carboxylic acids is 1. The van der Waals surface area contributed by atoms with Crippen molar-refractivity contribution in [2.24, 2.45) is 0 Å². The predicted octanol–water partition coefficient (Wildman–Crippen LogP) is 5.44. The van der Waals surface area contributed by atoms with Gasteiger partial charge in [-0.25, -0.2) is 0 Å². The van der Waals surface area contributed by atoms with Gasteiger partial charge >= 0.3 is 0 Å². The molecule has 1 fully saturated rings. The highest BCUT2D eigenvalue weighted by atomic mass is 32.2. The summed E-state index contributed by atoms with van der Waals surface area (Å²) < 4.78 is 12.8. The molecule has 4 aromatic rings. The molecule has 41 heavy (non-hydrogen) atoms. The molecule has 0 radical (unpaired) electrons. The number of ether oxygens (including phenoxy) is 2. The molecular formula is C33H34N2O5S. The largest absolute Gasteiger partial charge is 0.396 e. The predicted molar refractivity (Wildman–Crippen MR) is 160 cm³/mol. The maximum atomic E-state index is 12.6. The molecule has 0 bridgehead atoms. The molecule has 5 rings (SSSR count). The maximum absolute atomic E-state index is 12.6. The van der Waals surface area contributed by atoms with Gasteiger partial charge in [0.25, 0.3) is 5.91 Å². The number of rotatable bonds is 11. The second kappa shape index (κ2) is 14.4. The Morgan fingerprint density at radius 2 is 1.71 bits per heavy atom. The van der Waals surface area contributed by atoms with Crippen molar-refractivity contribution < 1.29 is 24.5 Å². The number of nitrogens with zero attached hydrogens (tertiary/aromatic N) is 1.